The first-order valence-corrected chi connectivity index (χ1v) is 7.78. The number of nitrogens with zero attached hydrogens (tertiary/aromatic N) is 1. The number of carbonyl (C=O) groups excluding carboxylic acids is 2. The van der Waals surface area contributed by atoms with Gasteiger partial charge < -0.3 is 14.0 Å². The van der Waals surface area contributed by atoms with Gasteiger partial charge in [-0.15, -0.1) is 0 Å². The van der Waals surface area contributed by atoms with E-state index in [1.165, 1.54) is 0 Å². The first-order valence-electron chi connectivity index (χ1n) is 7.78. The fraction of sp³-hybridized carbons (Fsp3) is 0.444. The summed E-state index contributed by atoms with van der Waals surface area (Å²) in [5.41, 5.74) is 1.34. The van der Waals surface area contributed by atoms with Crippen LogP contribution in [-0.4, -0.2) is 30.5 Å². The number of fused-ring (bicyclic) bond motifs is 1. The number of methoxy groups -OCH3 is 1. The van der Waals surface area contributed by atoms with Crippen molar-refractivity contribution in [2.75, 3.05) is 13.7 Å². The maximum Gasteiger partial charge on any atom is 0.328 e. The highest BCUT2D eigenvalue weighted by molar-refractivity contribution is 5.99. The summed E-state index contributed by atoms with van der Waals surface area (Å²) in [6.07, 6.45) is 3.31. The summed E-state index contributed by atoms with van der Waals surface area (Å²) >= 11 is 0. The van der Waals surface area contributed by atoms with Crippen LogP contribution in [0.15, 0.2) is 24.4 Å². The second-order valence-electron chi connectivity index (χ2n) is 6.02. The molecule has 1 aromatic carbocycles. The van der Waals surface area contributed by atoms with Gasteiger partial charge in [-0.3, -0.25) is 4.79 Å². The first kappa shape index (κ1) is 17.1. The molecule has 0 radical (unpaired) electrons. The van der Waals surface area contributed by atoms with Crippen molar-refractivity contribution in [1.29, 1.82) is 0 Å². The predicted molar refractivity (Wildman–Crippen MR) is 89.0 cm³/mol. The molecule has 0 saturated carbocycles. The highest BCUT2D eigenvalue weighted by Gasteiger charge is 2.20. The van der Waals surface area contributed by atoms with Gasteiger partial charge >= 0.3 is 5.97 Å². The summed E-state index contributed by atoms with van der Waals surface area (Å²) in [5.74, 6) is 0.862. The Hall–Kier alpha value is -2.30. The van der Waals surface area contributed by atoms with E-state index in [4.69, 9.17) is 9.47 Å². The van der Waals surface area contributed by atoms with Gasteiger partial charge in [0, 0.05) is 22.7 Å². The van der Waals surface area contributed by atoms with Gasteiger partial charge in [0.25, 0.3) is 0 Å². The van der Waals surface area contributed by atoms with Crippen molar-refractivity contribution in [1.82, 2.24) is 4.57 Å². The number of rotatable bonds is 7. The van der Waals surface area contributed by atoms with E-state index in [0.29, 0.717) is 23.8 Å². The molecule has 0 aliphatic heterocycles. The molecule has 0 saturated heterocycles. The predicted octanol–water partition coefficient (Wildman–Crippen LogP) is 3.61. The number of esters is 1. The van der Waals surface area contributed by atoms with Gasteiger partial charge in [-0.2, -0.15) is 0 Å². The van der Waals surface area contributed by atoms with E-state index >= 15 is 0 Å². The van der Waals surface area contributed by atoms with Crippen LogP contribution in [0.5, 0.6) is 5.75 Å². The molecule has 2 rings (SSSR count). The molecule has 124 valence electrons. The van der Waals surface area contributed by atoms with Gasteiger partial charge in [0.15, 0.2) is 6.29 Å². The third-order valence-electron chi connectivity index (χ3n) is 3.90. The van der Waals surface area contributed by atoms with Crippen LogP contribution in [0.4, 0.5) is 0 Å². The Morgan fingerprint density at radius 1 is 1.30 bits per heavy atom. The average molecular weight is 317 g/mol. The van der Waals surface area contributed by atoms with E-state index in [-0.39, 0.29) is 5.97 Å². The normalized spacial score (nSPS) is 12.4. The van der Waals surface area contributed by atoms with E-state index in [9.17, 15) is 9.59 Å². The Morgan fingerprint density at radius 2 is 2.04 bits per heavy atom. The van der Waals surface area contributed by atoms with E-state index in [0.717, 1.165) is 23.6 Å². The molecule has 0 aliphatic rings. The van der Waals surface area contributed by atoms with E-state index in [1.807, 2.05) is 12.1 Å². The minimum Gasteiger partial charge on any atom is -0.497 e. The Morgan fingerprint density at radius 3 is 2.65 bits per heavy atom. The Kier molecular flexibility index (Phi) is 5.42. The lowest BCUT2D eigenvalue weighted by Gasteiger charge is -2.15. The fourth-order valence-corrected chi connectivity index (χ4v) is 2.43. The lowest BCUT2D eigenvalue weighted by atomic mass is 10.1. The molecule has 0 fully saturated rings. The van der Waals surface area contributed by atoms with Crippen LogP contribution in [0.2, 0.25) is 0 Å². The van der Waals surface area contributed by atoms with Crippen molar-refractivity contribution in [3.8, 4) is 5.75 Å². The molecule has 1 atom stereocenters. The lowest BCUT2D eigenvalue weighted by molar-refractivity contribution is -0.147. The molecular formula is C18H23NO4. The molecule has 0 amide bonds. The maximum absolute atomic E-state index is 12.2. The summed E-state index contributed by atoms with van der Waals surface area (Å²) in [6, 6.07) is 4.96. The third kappa shape index (κ3) is 3.73. The molecule has 5 nitrogen and oxygen atoms in total. The van der Waals surface area contributed by atoms with Crippen molar-refractivity contribution in [2.24, 2.45) is 5.92 Å². The van der Waals surface area contributed by atoms with Crippen molar-refractivity contribution >= 4 is 23.2 Å². The Labute approximate surface area is 136 Å². The number of hydrogen-bond donors (Lipinski definition) is 0. The summed E-state index contributed by atoms with van der Waals surface area (Å²) < 4.78 is 12.3. The van der Waals surface area contributed by atoms with Crippen LogP contribution >= 0.6 is 0 Å². The Bertz CT molecular complexity index is 702. The van der Waals surface area contributed by atoms with Gasteiger partial charge in [-0.25, -0.2) is 4.79 Å². The molecule has 0 aliphatic carbocycles. The minimum absolute atomic E-state index is 0.296. The quantitative estimate of drug-likeness (QED) is 0.578. The number of hydrogen-bond acceptors (Lipinski definition) is 4. The molecule has 0 bridgehead atoms. The smallest absolute Gasteiger partial charge is 0.328 e. The average Bonchev–Trinajstić information content (AvgIpc) is 2.91. The van der Waals surface area contributed by atoms with Crippen LogP contribution < -0.4 is 4.74 Å². The van der Waals surface area contributed by atoms with Crippen LogP contribution in [-0.2, 0) is 9.53 Å². The topological polar surface area (TPSA) is 57.5 Å². The highest BCUT2D eigenvalue weighted by atomic mass is 16.5. The maximum atomic E-state index is 12.2. The number of carbonyl (C=O) groups is 2. The van der Waals surface area contributed by atoms with Gasteiger partial charge in [0.1, 0.15) is 11.8 Å². The Balaban J connectivity index is 2.28. The molecule has 1 aromatic heterocycles. The van der Waals surface area contributed by atoms with Crippen molar-refractivity contribution in [2.45, 2.75) is 33.2 Å². The molecular weight excluding hydrogens is 294 g/mol. The van der Waals surface area contributed by atoms with Gasteiger partial charge in [-0.1, -0.05) is 13.8 Å². The number of ether oxygens (including phenoxy) is 2. The van der Waals surface area contributed by atoms with Gasteiger partial charge in [0.05, 0.1) is 13.7 Å². The number of benzene rings is 1. The van der Waals surface area contributed by atoms with Crippen molar-refractivity contribution in [3.63, 3.8) is 0 Å². The number of aldehydes is 1. The van der Waals surface area contributed by atoms with Crippen molar-refractivity contribution in [3.05, 3.63) is 30.0 Å². The van der Waals surface area contributed by atoms with E-state index in [1.54, 1.807) is 30.9 Å². The van der Waals surface area contributed by atoms with Gasteiger partial charge in [-0.05, 0) is 37.5 Å². The third-order valence-corrected chi connectivity index (χ3v) is 3.90. The summed E-state index contributed by atoms with van der Waals surface area (Å²) in [6.45, 7) is 6.35. The second-order valence-corrected chi connectivity index (χ2v) is 6.02. The van der Waals surface area contributed by atoms with Crippen LogP contribution in [0, 0.1) is 5.92 Å². The number of aromatic nitrogens is 1. The molecule has 0 spiro atoms. The largest absolute Gasteiger partial charge is 0.497 e. The van der Waals surface area contributed by atoms with Crippen molar-refractivity contribution < 1.29 is 19.1 Å². The zero-order valence-corrected chi connectivity index (χ0v) is 14.0. The first-order chi connectivity index (χ1) is 11.0. The molecule has 1 heterocycles. The molecule has 0 N–H and O–H groups in total. The van der Waals surface area contributed by atoms with E-state index < -0.39 is 6.04 Å². The summed E-state index contributed by atoms with van der Waals surface area (Å²) in [5, 5.41) is 0.765. The lowest BCUT2D eigenvalue weighted by Crippen LogP contribution is -2.19. The van der Waals surface area contributed by atoms with Crippen LogP contribution in [0.25, 0.3) is 10.9 Å². The molecule has 5 heteroatoms. The van der Waals surface area contributed by atoms with Gasteiger partial charge in [0.2, 0.25) is 0 Å². The highest BCUT2D eigenvalue weighted by Crippen LogP contribution is 2.28. The fourth-order valence-electron chi connectivity index (χ4n) is 2.43. The van der Waals surface area contributed by atoms with Crippen LogP contribution in [0.3, 0.4) is 0 Å². The standard InChI is InChI=1S/C18H23NO4/c1-12(2)7-8-23-18(21)13(3)19-10-14(11-20)16-9-15(22-4)5-6-17(16)19/h5-6,9-13H,7-8H2,1-4H3. The summed E-state index contributed by atoms with van der Waals surface area (Å²) in [7, 11) is 1.58. The molecule has 23 heavy (non-hydrogen) atoms. The molecule has 1 unspecified atom stereocenters. The zero-order chi connectivity index (χ0) is 17.0. The summed E-state index contributed by atoms with van der Waals surface area (Å²) in [4.78, 5) is 23.5. The minimum atomic E-state index is -0.494. The molecule has 2 aromatic rings. The SMILES string of the molecule is COc1ccc2c(c1)c(C=O)cn2C(C)C(=O)OCCC(C)C. The second kappa shape index (κ2) is 7.31. The monoisotopic (exact) mass is 317 g/mol. The zero-order valence-electron chi connectivity index (χ0n) is 14.0. The van der Waals surface area contributed by atoms with E-state index in [2.05, 4.69) is 13.8 Å². The van der Waals surface area contributed by atoms with Crippen LogP contribution in [0.1, 0.15) is 43.6 Å².